The fourth-order valence-corrected chi connectivity index (χ4v) is 3.92. The van der Waals surface area contributed by atoms with Crippen LogP contribution in [-0.4, -0.2) is 52.6 Å². The highest BCUT2D eigenvalue weighted by atomic mass is 32.2. The van der Waals surface area contributed by atoms with Crippen LogP contribution in [0.3, 0.4) is 0 Å². The molecule has 0 aromatic heterocycles. The number of hydrogen-bond donors (Lipinski definition) is 2. The Morgan fingerprint density at radius 3 is 2.62 bits per heavy atom. The first-order valence-corrected chi connectivity index (χ1v) is 8.97. The predicted octanol–water partition coefficient (Wildman–Crippen LogP) is 0.877. The molecule has 6 heteroatoms. The van der Waals surface area contributed by atoms with E-state index in [9.17, 15) is 8.42 Å². The summed E-state index contributed by atoms with van der Waals surface area (Å²) in [4.78, 5) is 2.75. The molecular formula is C15H25N3O2S. The summed E-state index contributed by atoms with van der Waals surface area (Å²) in [6, 6.07) is 5.42. The van der Waals surface area contributed by atoms with Crippen molar-refractivity contribution in [2.75, 3.05) is 39.3 Å². The second kappa shape index (κ2) is 7.35. The smallest absolute Gasteiger partial charge is 0.240 e. The largest absolute Gasteiger partial charge is 0.314 e. The number of rotatable bonds is 6. The number of hydrogen-bond acceptors (Lipinski definition) is 4. The normalized spacial score (nSPS) is 17.0. The van der Waals surface area contributed by atoms with Crippen LogP contribution in [0.5, 0.6) is 0 Å². The minimum atomic E-state index is -3.39. The molecule has 1 aromatic carbocycles. The van der Waals surface area contributed by atoms with Gasteiger partial charge in [-0.05, 0) is 38.4 Å². The van der Waals surface area contributed by atoms with E-state index in [2.05, 4.69) is 14.9 Å². The molecule has 0 aliphatic carbocycles. The van der Waals surface area contributed by atoms with Gasteiger partial charge in [-0.15, -0.1) is 0 Å². The molecule has 0 saturated carbocycles. The number of benzene rings is 1. The topological polar surface area (TPSA) is 61.4 Å². The van der Waals surface area contributed by atoms with Gasteiger partial charge < -0.3 is 10.2 Å². The minimum Gasteiger partial charge on any atom is -0.314 e. The van der Waals surface area contributed by atoms with Crippen molar-refractivity contribution in [2.24, 2.45) is 0 Å². The molecule has 5 nitrogen and oxygen atoms in total. The van der Waals surface area contributed by atoms with Crippen LogP contribution in [-0.2, 0) is 10.0 Å². The molecule has 0 unspecified atom stereocenters. The third kappa shape index (κ3) is 4.78. The molecule has 0 radical (unpaired) electrons. The van der Waals surface area contributed by atoms with Crippen molar-refractivity contribution in [3.05, 3.63) is 29.3 Å². The SMILES string of the molecule is Cc1ccc(S(=O)(=O)NCCCN2CCNCC2)c(C)c1. The predicted molar refractivity (Wildman–Crippen MR) is 85.0 cm³/mol. The van der Waals surface area contributed by atoms with Gasteiger partial charge in [-0.1, -0.05) is 17.7 Å². The fraction of sp³-hybridized carbons (Fsp3) is 0.600. The van der Waals surface area contributed by atoms with Crippen LogP contribution < -0.4 is 10.0 Å². The van der Waals surface area contributed by atoms with Crippen molar-refractivity contribution in [1.82, 2.24) is 14.9 Å². The van der Waals surface area contributed by atoms with Crippen LogP contribution in [0.2, 0.25) is 0 Å². The summed E-state index contributed by atoms with van der Waals surface area (Å²) in [5, 5.41) is 3.31. The van der Waals surface area contributed by atoms with Crippen LogP contribution in [0, 0.1) is 13.8 Å². The van der Waals surface area contributed by atoms with E-state index in [0.29, 0.717) is 11.4 Å². The number of aryl methyl sites for hydroxylation is 2. The van der Waals surface area contributed by atoms with E-state index in [4.69, 9.17) is 0 Å². The lowest BCUT2D eigenvalue weighted by Gasteiger charge is -2.27. The van der Waals surface area contributed by atoms with Gasteiger partial charge in [0.2, 0.25) is 10.0 Å². The Balaban J connectivity index is 1.83. The molecule has 0 bridgehead atoms. The first-order chi connectivity index (χ1) is 9.99. The Morgan fingerprint density at radius 1 is 1.24 bits per heavy atom. The van der Waals surface area contributed by atoms with Gasteiger partial charge in [-0.3, -0.25) is 0 Å². The van der Waals surface area contributed by atoms with Crippen molar-refractivity contribution >= 4 is 10.0 Å². The monoisotopic (exact) mass is 311 g/mol. The standard InChI is InChI=1S/C15H25N3O2S/c1-13-4-5-15(14(2)12-13)21(19,20)17-6-3-9-18-10-7-16-8-11-18/h4-5,12,16-17H,3,6-11H2,1-2H3. The molecule has 0 atom stereocenters. The minimum absolute atomic E-state index is 0.385. The molecule has 21 heavy (non-hydrogen) atoms. The average Bonchev–Trinajstić information content (AvgIpc) is 2.44. The van der Waals surface area contributed by atoms with Gasteiger partial charge >= 0.3 is 0 Å². The van der Waals surface area contributed by atoms with Crippen molar-refractivity contribution in [3.63, 3.8) is 0 Å². The van der Waals surface area contributed by atoms with Gasteiger partial charge in [0.25, 0.3) is 0 Å². The number of piperazine rings is 1. The lowest BCUT2D eigenvalue weighted by atomic mass is 10.2. The van der Waals surface area contributed by atoms with Crippen molar-refractivity contribution in [3.8, 4) is 0 Å². The molecule has 2 rings (SSSR count). The molecule has 1 aliphatic rings. The lowest BCUT2D eigenvalue weighted by molar-refractivity contribution is 0.239. The van der Waals surface area contributed by atoms with E-state index in [1.54, 1.807) is 6.07 Å². The summed E-state index contributed by atoms with van der Waals surface area (Å²) in [6.07, 6.45) is 0.837. The van der Waals surface area contributed by atoms with Crippen molar-refractivity contribution < 1.29 is 8.42 Å². The Bertz CT molecular complexity index is 566. The van der Waals surface area contributed by atoms with E-state index in [1.165, 1.54) is 0 Å². The highest BCUT2D eigenvalue weighted by molar-refractivity contribution is 7.89. The van der Waals surface area contributed by atoms with Crippen molar-refractivity contribution in [1.29, 1.82) is 0 Å². The molecule has 2 N–H and O–H groups in total. The second-order valence-electron chi connectivity index (χ2n) is 5.61. The molecule has 1 fully saturated rings. The number of nitrogens with zero attached hydrogens (tertiary/aromatic N) is 1. The molecule has 1 saturated heterocycles. The van der Waals surface area contributed by atoms with Crippen LogP contribution in [0.15, 0.2) is 23.1 Å². The third-order valence-corrected chi connectivity index (χ3v) is 5.39. The molecule has 0 amide bonds. The number of nitrogens with one attached hydrogen (secondary N) is 2. The molecule has 118 valence electrons. The molecular weight excluding hydrogens is 286 g/mol. The average molecular weight is 311 g/mol. The highest BCUT2D eigenvalue weighted by Crippen LogP contribution is 2.16. The zero-order valence-electron chi connectivity index (χ0n) is 12.9. The maximum Gasteiger partial charge on any atom is 0.240 e. The summed E-state index contributed by atoms with van der Waals surface area (Å²) in [7, 11) is -3.39. The zero-order valence-corrected chi connectivity index (χ0v) is 13.7. The summed E-state index contributed by atoms with van der Waals surface area (Å²) in [5.74, 6) is 0. The second-order valence-corrected chi connectivity index (χ2v) is 7.35. The van der Waals surface area contributed by atoms with Gasteiger partial charge in [0.1, 0.15) is 0 Å². The van der Waals surface area contributed by atoms with Gasteiger partial charge in [-0.25, -0.2) is 13.1 Å². The molecule has 1 heterocycles. The van der Waals surface area contributed by atoms with E-state index in [1.807, 2.05) is 26.0 Å². The summed E-state index contributed by atoms with van der Waals surface area (Å²) >= 11 is 0. The first kappa shape index (κ1) is 16.4. The van der Waals surface area contributed by atoms with Crippen LogP contribution in [0.4, 0.5) is 0 Å². The molecule has 1 aliphatic heterocycles. The maximum atomic E-state index is 12.3. The number of sulfonamides is 1. The zero-order chi connectivity index (χ0) is 15.3. The van der Waals surface area contributed by atoms with Crippen molar-refractivity contribution in [2.45, 2.75) is 25.2 Å². The van der Waals surface area contributed by atoms with E-state index in [-0.39, 0.29) is 0 Å². The highest BCUT2D eigenvalue weighted by Gasteiger charge is 2.16. The van der Waals surface area contributed by atoms with Crippen LogP contribution in [0.1, 0.15) is 17.5 Å². The van der Waals surface area contributed by atoms with E-state index >= 15 is 0 Å². The van der Waals surface area contributed by atoms with Crippen LogP contribution >= 0.6 is 0 Å². The maximum absolute atomic E-state index is 12.3. The van der Waals surface area contributed by atoms with E-state index in [0.717, 1.165) is 50.3 Å². The van der Waals surface area contributed by atoms with Gasteiger partial charge in [-0.2, -0.15) is 0 Å². The third-order valence-electron chi connectivity index (χ3n) is 3.77. The van der Waals surface area contributed by atoms with Crippen LogP contribution in [0.25, 0.3) is 0 Å². The Hall–Kier alpha value is -0.950. The molecule has 1 aromatic rings. The Kier molecular flexibility index (Phi) is 5.75. The van der Waals surface area contributed by atoms with Gasteiger partial charge in [0, 0.05) is 32.7 Å². The Morgan fingerprint density at radius 2 is 1.95 bits per heavy atom. The van der Waals surface area contributed by atoms with E-state index < -0.39 is 10.0 Å². The quantitative estimate of drug-likeness (QED) is 0.766. The Labute approximate surface area is 127 Å². The fourth-order valence-electron chi connectivity index (χ4n) is 2.62. The summed E-state index contributed by atoms with van der Waals surface area (Å²) in [5.41, 5.74) is 1.87. The first-order valence-electron chi connectivity index (χ1n) is 7.49. The van der Waals surface area contributed by atoms with Gasteiger partial charge in [0.05, 0.1) is 4.90 Å². The summed E-state index contributed by atoms with van der Waals surface area (Å²) < 4.78 is 27.3. The lowest BCUT2D eigenvalue weighted by Crippen LogP contribution is -2.44. The summed E-state index contributed by atoms with van der Waals surface area (Å²) in [6.45, 7) is 9.36. The molecule has 0 spiro atoms. The van der Waals surface area contributed by atoms with Gasteiger partial charge in [0.15, 0.2) is 0 Å².